The number of rotatable bonds is 6. The molecular weight excluding hydrogens is 556 g/mol. The van der Waals surface area contributed by atoms with Crippen LogP contribution in [0.1, 0.15) is 0 Å². The molecular formula is C44H30N2. The van der Waals surface area contributed by atoms with Crippen LogP contribution in [0, 0.1) is 0 Å². The van der Waals surface area contributed by atoms with Crippen molar-refractivity contribution in [3.8, 4) is 67.2 Å². The lowest BCUT2D eigenvalue weighted by atomic mass is 9.96. The molecule has 0 amide bonds. The summed E-state index contributed by atoms with van der Waals surface area (Å²) in [5.41, 5.74) is 13.3. The first-order chi connectivity index (χ1) is 22.8. The predicted molar refractivity (Wildman–Crippen MR) is 192 cm³/mol. The van der Waals surface area contributed by atoms with Crippen LogP contribution in [0.25, 0.3) is 78.1 Å². The molecule has 0 bridgehead atoms. The summed E-state index contributed by atoms with van der Waals surface area (Å²) in [6.07, 6.45) is 0. The lowest BCUT2D eigenvalue weighted by Gasteiger charge is -2.12. The third kappa shape index (κ3) is 5.49. The molecule has 7 aromatic carbocycles. The first-order valence-electron chi connectivity index (χ1n) is 15.6. The van der Waals surface area contributed by atoms with Crippen LogP contribution in [0.5, 0.6) is 0 Å². The molecule has 0 saturated carbocycles. The van der Waals surface area contributed by atoms with Gasteiger partial charge in [-0.25, -0.2) is 9.97 Å². The smallest absolute Gasteiger partial charge is 0.160 e. The van der Waals surface area contributed by atoms with E-state index < -0.39 is 0 Å². The second kappa shape index (κ2) is 12.1. The maximum Gasteiger partial charge on any atom is 0.160 e. The Balaban J connectivity index is 1.20. The van der Waals surface area contributed by atoms with E-state index in [9.17, 15) is 0 Å². The Morgan fingerprint density at radius 2 is 0.630 bits per heavy atom. The molecule has 0 fully saturated rings. The zero-order valence-corrected chi connectivity index (χ0v) is 25.2. The first kappa shape index (κ1) is 27.4. The van der Waals surface area contributed by atoms with Gasteiger partial charge in [0.25, 0.3) is 0 Å². The molecule has 0 radical (unpaired) electrons. The second-order valence-electron chi connectivity index (χ2n) is 11.5. The molecule has 1 aromatic heterocycles. The molecule has 0 aliphatic carbocycles. The van der Waals surface area contributed by atoms with Gasteiger partial charge in [0, 0.05) is 16.5 Å². The van der Waals surface area contributed by atoms with Crippen LogP contribution in [0.2, 0.25) is 0 Å². The number of nitrogens with zero attached hydrogens (tertiary/aromatic N) is 2. The van der Waals surface area contributed by atoms with Gasteiger partial charge in [0.15, 0.2) is 5.82 Å². The Kier molecular flexibility index (Phi) is 7.22. The Morgan fingerprint density at radius 1 is 0.261 bits per heavy atom. The fourth-order valence-electron chi connectivity index (χ4n) is 6.13. The Morgan fingerprint density at radius 3 is 1.17 bits per heavy atom. The van der Waals surface area contributed by atoms with Crippen molar-refractivity contribution in [1.29, 1.82) is 0 Å². The number of benzene rings is 7. The van der Waals surface area contributed by atoms with Crippen LogP contribution in [-0.2, 0) is 0 Å². The van der Waals surface area contributed by atoms with E-state index in [1.165, 1.54) is 27.8 Å². The van der Waals surface area contributed by atoms with Crippen molar-refractivity contribution in [2.45, 2.75) is 0 Å². The highest BCUT2D eigenvalue weighted by molar-refractivity contribution is 5.94. The van der Waals surface area contributed by atoms with Crippen molar-refractivity contribution >= 4 is 10.9 Å². The minimum atomic E-state index is 0.714. The summed E-state index contributed by atoms with van der Waals surface area (Å²) in [5, 5.41) is 1.04. The number of aromatic nitrogens is 2. The zero-order valence-electron chi connectivity index (χ0n) is 25.2. The molecule has 8 rings (SSSR count). The number of hydrogen-bond donors (Lipinski definition) is 0. The molecule has 8 aromatic rings. The van der Waals surface area contributed by atoms with E-state index in [1.807, 2.05) is 12.1 Å². The van der Waals surface area contributed by atoms with Crippen LogP contribution in [-0.4, -0.2) is 9.97 Å². The van der Waals surface area contributed by atoms with Crippen molar-refractivity contribution in [1.82, 2.24) is 9.97 Å². The van der Waals surface area contributed by atoms with Crippen LogP contribution < -0.4 is 0 Å². The van der Waals surface area contributed by atoms with Crippen molar-refractivity contribution < 1.29 is 0 Å². The number of fused-ring (bicyclic) bond motifs is 1. The Labute approximate surface area is 269 Å². The molecule has 0 aliphatic heterocycles. The van der Waals surface area contributed by atoms with E-state index in [4.69, 9.17) is 9.97 Å². The summed E-state index contributed by atoms with van der Waals surface area (Å²) in [7, 11) is 0. The number of hydrogen-bond acceptors (Lipinski definition) is 2. The molecule has 0 saturated heterocycles. The van der Waals surface area contributed by atoms with Crippen LogP contribution in [0.15, 0.2) is 182 Å². The van der Waals surface area contributed by atoms with Crippen LogP contribution in [0.3, 0.4) is 0 Å². The van der Waals surface area contributed by atoms with Crippen molar-refractivity contribution in [3.05, 3.63) is 182 Å². The van der Waals surface area contributed by atoms with Crippen molar-refractivity contribution in [3.63, 3.8) is 0 Å². The minimum Gasteiger partial charge on any atom is -0.228 e. The molecule has 0 N–H and O–H groups in total. The van der Waals surface area contributed by atoms with Gasteiger partial charge >= 0.3 is 0 Å². The minimum absolute atomic E-state index is 0.714. The summed E-state index contributed by atoms with van der Waals surface area (Å²) in [5.74, 6) is 0.714. The van der Waals surface area contributed by atoms with Crippen LogP contribution >= 0.6 is 0 Å². The highest BCUT2D eigenvalue weighted by Gasteiger charge is 2.13. The average Bonchev–Trinajstić information content (AvgIpc) is 3.15. The molecule has 2 heteroatoms. The van der Waals surface area contributed by atoms with E-state index in [0.717, 1.165) is 44.4 Å². The fourth-order valence-corrected chi connectivity index (χ4v) is 6.13. The summed E-state index contributed by atoms with van der Waals surface area (Å²) in [6.45, 7) is 0. The summed E-state index contributed by atoms with van der Waals surface area (Å²) < 4.78 is 0. The lowest BCUT2D eigenvalue weighted by Crippen LogP contribution is -1.95. The molecule has 216 valence electrons. The van der Waals surface area contributed by atoms with Crippen LogP contribution in [0.4, 0.5) is 0 Å². The van der Waals surface area contributed by atoms with Gasteiger partial charge in [-0.05, 0) is 74.8 Å². The monoisotopic (exact) mass is 586 g/mol. The van der Waals surface area contributed by atoms with Gasteiger partial charge in [-0.3, -0.25) is 0 Å². The second-order valence-corrected chi connectivity index (χ2v) is 11.5. The molecule has 0 unspecified atom stereocenters. The lowest BCUT2D eigenvalue weighted by molar-refractivity contribution is 1.23. The van der Waals surface area contributed by atoms with Gasteiger partial charge in [0.05, 0.1) is 11.2 Å². The molecule has 1 heterocycles. The van der Waals surface area contributed by atoms with Gasteiger partial charge < -0.3 is 0 Å². The van der Waals surface area contributed by atoms with Gasteiger partial charge in [0.2, 0.25) is 0 Å². The normalized spacial score (nSPS) is 11.0. The van der Waals surface area contributed by atoms with E-state index in [1.54, 1.807) is 0 Å². The van der Waals surface area contributed by atoms with E-state index in [-0.39, 0.29) is 0 Å². The molecule has 0 aliphatic rings. The highest BCUT2D eigenvalue weighted by Crippen LogP contribution is 2.34. The molecule has 2 nitrogen and oxygen atoms in total. The summed E-state index contributed by atoms with van der Waals surface area (Å²) in [6, 6.07) is 64.0. The van der Waals surface area contributed by atoms with Gasteiger partial charge in [-0.15, -0.1) is 0 Å². The van der Waals surface area contributed by atoms with Crippen molar-refractivity contribution in [2.24, 2.45) is 0 Å². The standard InChI is InChI=1S/C44H30N2/c1-3-13-31(14-4-1)33-17-9-19-35(27-33)37-21-11-23-39(29-37)43-41-25-7-8-26-42(41)45-44(46-43)40-24-12-22-38(30-40)36-20-10-18-34(28-36)32-15-5-2-6-16-32/h1-30H. The average molecular weight is 587 g/mol. The van der Waals surface area contributed by atoms with Gasteiger partial charge in [-0.2, -0.15) is 0 Å². The van der Waals surface area contributed by atoms with E-state index in [2.05, 4.69) is 170 Å². The van der Waals surface area contributed by atoms with E-state index >= 15 is 0 Å². The third-order valence-electron chi connectivity index (χ3n) is 8.47. The molecule has 46 heavy (non-hydrogen) atoms. The quantitative estimate of drug-likeness (QED) is 0.194. The first-order valence-corrected chi connectivity index (χ1v) is 15.6. The van der Waals surface area contributed by atoms with Gasteiger partial charge in [-0.1, -0.05) is 152 Å². The highest BCUT2D eigenvalue weighted by atomic mass is 14.9. The topological polar surface area (TPSA) is 25.8 Å². The third-order valence-corrected chi connectivity index (χ3v) is 8.47. The zero-order chi connectivity index (χ0) is 30.7. The Bertz CT molecular complexity index is 2310. The van der Waals surface area contributed by atoms with Crippen molar-refractivity contribution in [2.75, 3.05) is 0 Å². The molecule has 0 atom stereocenters. The summed E-state index contributed by atoms with van der Waals surface area (Å²) >= 11 is 0. The fraction of sp³-hybridized carbons (Fsp3) is 0. The summed E-state index contributed by atoms with van der Waals surface area (Å²) in [4.78, 5) is 10.3. The Hall–Kier alpha value is -6.12. The predicted octanol–water partition coefficient (Wildman–Crippen LogP) is 11.6. The van der Waals surface area contributed by atoms with E-state index in [0.29, 0.717) is 5.82 Å². The molecule has 0 spiro atoms. The maximum absolute atomic E-state index is 5.23. The maximum atomic E-state index is 5.23. The van der Waals surface area contributed by atoms with Gasteiger partial charge in [0.1, 0.15) is 0 Å². The number of para-hydroxylation sites is 1. The largest absolute Gasteiger partial charge is 0.228 e. The SMILES string of the molecule is c1ccc(-c2cccc(-c3cccc(-c4nc(-c5cccc(-c6cccc(-c7ccccc7)c6)c5)c5ccccc5n4)c3)c2)cc1.